The molecule has 0 N–H and O–H groups in total. The standard InChI is InChI=1S/C12H22ClN3/c1-9(2)6-7-15(4)8-11-10(3)14-16(5)12(11)13/h9H,6-8H2,1-5H3. The molecular formula is C12H22ClN3. The van der Waals surface area contributed by atoms with Gasteiger partial charge in [0.15, 0.2) is 0 Å². The van der Waals surface area contributed by atoms with Crippen LogP contribution in [0, 0.1) is 12.8 Å². The molecule has 92 valence electrons. The first kappa shape index (κ1) is 13.5. The van der Waals surface area contributed by atoms with Crippen LogP contribution in [-0.2, 0) is 13.6 Å². The Morgan fingerprint density at radius 3 is 2.50 bits per heavy atom. The summed E-state index contributed by atoms with van der Waals surface area (Å²) in [6.45, 7) is 8.48. The Kier molecular flexibility index (Phi) is 4.81. The van der Waals surface area contributed by atoms with Crippen molar-refractivity contribution in [3.8, 4) is 0 Å². The SMILES string of the molecule is Cc1nn(C)c(Cl)c1CN(C)CCC(C)C. The highest BCUT2D eigenvalue weighted by Gasteiger charge is 2.13. The van der Waals surface area contributed by atoms with Crippen LogP contribution in [0.25, 0.3) is 0 Å². The van der Waals surface area contributed by atoms with Crippen LogP contribution in [-0.4, -0.2) is 28.3 Å². The van der Waals surface area contributed by atoms with E-state index >= 15 is 0 Å². The molecule has 3 nitrogen and oxygen atoms in total. The highest BCUT2D eigenvalue weighted by molar-refractivity contribution is 6.30. The summed E-state index contributed by atoms with van der Waals surface area (Å²) in [6, 6.07) is 0. The van der Waals surface area contributed by atoms with Crippen molar-refractivity contribution in [1.29, 1.82) is 0 Å². The molecule has 0 aliphatic heterocycles. The molecule has 0 bridgehead atoms. The molecule has 0 atom stereocenters. The number of aromatic nitrogens is 2. The summed E-state index contributed by atoms with van der Waals surface area (Å²) < 4.78 is 1.74. The first-order valence-corrected chi connectivity index (χ1v) is 6.16. The Labute approximate surface area is 103 Å². The average Bonchev–Trinajstić information content (AvgIpc) is 2.42. The Morgan fingerprint density at radius 2 is 2.06 bits per heavy atom. The maximum atomic E-state index is 6.19. The Balaban J connectivity index is 2.59. The third kappa shape index (κ3) is 3.49. The van der Waals surface area contributed by atoms with E-state index in [1.807, 2.05) is 14.0 Å². The van der Waals surface area contributed by atoms with Gasteiger partial charge in [-0.15, -0.1) is 0 Å². The second-order valence-electron chi connectivity index (χ2n) is 4.90. The molecule has 0 aliphatic rings. The smallest absolute Gasteiger partial charge is 0.131 e. The summed E-state index contributed by atoms with van der Waals surface area (Å²) in [5.74, 6) is 0.743. The van der Waals surface area contributed by atoms with E-state index in [0.29, 0.717) is 0 Å². The van der Waals surface area contributed by atoms with Crippen LogP contribution in [0.1, 0.15) is 31.5 Å². The quantitative estimate of drug-likeness (QED) is 0.793. The molecule has 16 heavy (non-hydrogen) atoms. The van der Waals surface area contributed by atoms with Gasteiger partial charge in [0.25, 0.3) is 0 Å². The number of aryl methyl sites for hydroxylation is 2. The summed E-state index contributed by atoms with van der Waals surface area (Å²) >= 11 is 6.19. The van der Waals surface area contributed by atoms with Gasteiger partial charge in [0.2, 0.25) is 0 Å². The molecule has 4 heteroatoms. The van der Waals surface area contributed by atoms with Gasteiger partial charge in [-0.25, -0.2) is 0 Å². The normalized spacial score (nSPS) is 11.8. The van der Waals surface area contributed by atoms with Gasteiger partial charge >= 0.3 is 0 Å². The van der Waals surface area contributed by atoms with Crippen LogP contribution >= 0.6 is 11.6 Å². The van der Waals surface area contributed by atoms with Crippen LogP contribution in [0.3, 0.4) is 0 Å². The van der Waals surface area contributed by atoms with Crippen LogP contribution in [0.15, 0.2) is 0 Å². The second kappa shape index (κ2) is 5.69. The molecule has 1 aromatic rings. The van der Waals surface area contributed by atoms with Crippen molar-refractivity contribution in [2.75, 3.05) is 13.6 Å². The fourth-order valence-electron chi connectivity index (χ4n) is 1.68. The molecule has 0 aliphatic carbocycles. The Hall–Kier alpha value is -0.540. The van der Waals surface area contributed by atoms with Gasteiger partial charge in [-0.3, -0.25) is 4.68 Å². The third-order valence-electron chi connectivity index (χ3n) is 2.79. The predicted octanol–water partition coefficient (Wildman–Crippen LogP) is 2.86. The topological polar surface area (TPSA) is 21.1 Å². The van der Waals surface area contributed by atoms with Gasteiger partial charge in [0.1, 0.15) is 5.15 Å². The largest absolute Gasteiger partial charge is 0.302 e. The summed E-state index contributed by atoms with van der Waals surface area (Å²) in [5.41, 5.74) is 2.18. The van der Waals surface area contributed by atoms with Gasteiger partial charge in [-0.2, -0.15) is 5.10 Å². The number of nitrogens with zero attached hydrogens (tertiary/aromatic N) is 3. The molecule has 0 amide bonds. The highest BCUT2D eigenvalue weighted by atomic mass is 35.5. The van der Waals surface area contributed by atoms with Crippen molar-refractivity contribution in [1.82, 2.24) is 14.7 Å². The van der Waals surface area contributed by atoms with Gasteiger partial charge < -0.3 is 4.90 Å². The number of rotatable bonds is 5. The van der Waals surface area contributed by atoms with E-state index in [2.05, 4.69) is 30.9 Å². The van der Waals surface area contributed by atoms with E-state index in [4.69, 9.17) is 11.6 Å². The number of hydrogen-bond donors (Lipinski definition) is 0. The zero-order valence-electron chi connectivity index (χ0n) is 10.9. The lowest BCUT2D eigenvalue weighted by molar-refractivity contribution is 0.303. The second-order valence-corrected chi connectivity index (χ2v) is 5.26. The minimum atomic E-state index is 0.743. The van der Waals surface area contributed by atoms with E-state index in [-0.39, 0.29) is 0 Å². The van der Waals surface area contributed by atoms with Crippen molar-refractivity contribution < 1.29 is 0 Å². The third-order valence-corrected chi connectivity index (χ3v) is 3.26. The van der Waals surface area contributed by atoms with Crippen molar-refractivity contribution in [2.24, 2.45) is 13.0 Å². The van der Waals surface area contributed by atoms with E-state index in [0.717, 1.165) is 35.4 Å². The van der Waals surface area contributed by atoms with Crippen molar-refractivity contribution in [3.63, 3.8) is 0 Å². The number of halogens is 1. The molecule has 1 rings (SSSR count). The van der Waals surface area contributed by atoms with E-state index < -0.39 is 0 Å². The highest BCUT2D eigenvalue weighted by Crippen LogP contribution is 2.20. The van der Waals surface area contributed by atoms with E-state index in [1.165, 1.54) is 6.42 Å². The molecule has 0 saturated heterocycles. The molecule has 0 aromatic carbocycles. The summed E-state index contributed by atoms with van der Waals surface area (Å²) in [7, 11) is 4.01. The molecule has 0 saturated carbocycles. The molecular weight excluding hydrogens is 222 g/mol. The minimum Gasteiger partial charge on any atom is -0.302 e. The molecule has 0 unspecified atom stereocenters. The van der Waals surface area contributed by atoms with Crippen molar-refractivity contribution in [3.05, 3.63) is 16.4 Å². The first-order valence-electron chi connectivity index (χ1n) is 5.78. The van der Waals surface area contributed by atoms with Crippen LogP contribution in [0.4, 0.5) is 0 Å². The molecule has 0 fully saturated rings. The lowest BCUT2D eigenvalue weighted by atomic mass is 10.1. The zero-order valence-corrected chi connectivity index (χ0v) is 11.7. The fourth-order valence-corrected chi connectivity index (χ4v) is 1.92. The average molecular weight is 244 g/mol. The Bertz CT molecular complexity index is 344. The number of hydrogen-bond acceptors (Lipinski definition) is 2. The van der Waals surface area contributed by atoms with Gasteiger partial charge in [-0.05, 0) is 32.9 Å². The van der Waals surface area contributed by atoms with E-state index in [9.17, 15) is 0 Å². The predicted molar refractivity (Wildman–Crippen MR) is 68.7 cm³/mol. The zero-order chi connectivity index (χ0) is 12.3. The molecule has 1 heterocycles. The summed E-state index contributed by atoms with van der Waals surface area (Å²) in [5, 5.41) is 5.08. The van der Waals surface area contributed by atoms with Crippen molar-refractivity contribution in [2.45, 2.75) is 33.7 Å². The lowest BCUT2D eigenvalue weighted by Gasteiger charge is -2.17. The van der Waals surface area contributed by atoms with Crippen LogP contribution in [0.5, 0.6) is 0 Å². The van der Waals surface area contributed by atoms with Gasteiger partial charge in [0, 0.05) is 19.2 Å². The van der Waals surface area contributed by atoms with Crippen molar-refractivity contribution >= 4 is 11.6 Å². The monoisotopic (exact) mass is 243 g/mol. The van der Waals surface area contributed by atoms with E-state index in [1.54, 1.807) is 4.68 Å². The van der Waals surface area contributed by atoms with Gasteiger partial charge in [-0.1, -0.05) is 25.4 Å². The lowest BCUT2D eigenvalue weighted by Crippen LogP contribution is -2.20. The summed E-state index contributed by atoms with van der Waals surface area (Å²) in [4.78, 5) is 2.30. The van der Waals surface area contributed by atoms with Crippen LogP contribution in [0.2, 0.25) is 5.15 Å². The Morgan fingerprint density at radius 1 is 1.44 bits per heavy atom. The maximum absolute atomic E-state index is 6.19. The first-order chi connectivity index (χ1) is 7.41. The maximum Gasteiger partial charge on any atom is 0.131 e. The summed E-state index contributed by atoms with van der Waals surface area (Å²) in [6.07, 6.45) is 1.22. The molecule has 1 aromatic heterocycles. The molecule has 0 spiro atoms. The fraction of sp³-hybridized carbons (Fsp3) is 0.750. The molecule has 0 radical (unpaired) electrons. The van der Waals surface area contributed by atoms with Crippen LogP contribution < -0.4 is 0 Å². The minimum absolute atomic E-state index is 0.743. The van der Waals surface area contributed by atoms with Gasteiger partial charge in [0.05, 0.1) is 5.69 Å².